The van der Waals surface area contributed by atoms with E-state index in [2.05, 4.69) is 0 Å². The van der Waals surface area contributed by atoms with Crippen molar-refractivity contribution in [3.8, 4) is 5.75 Å². The molecule has 2 aliphatic rings. The Hall–Kier alpha value is -0.730. The van der Waals surface area contributed by atoms with Crippen LogP contribution in [0.15, 0.2) is 18.2 Å². The van der Waals surface area contributed by atoms with Crippen LogP contribution in [0.2, 0.25) is 5.02 Å². The Balaban J connectivity index is 1.71. The molecule has 2 aliphatic carbocycles. The summed E-state index contributed by atoms with van der Waals surface area (Å²) in [6.45, 7) is 0. The van der Waals surface area contributed by atoms with Gasteiger partial charge in [0.2, 0.25) is 0 Å². The first-order valence-corrected chi connectivity index (χ1v) is 8.58. The molecule has 1 aromatic rings. The van der Waals surface area contributed by atoms with Crippen molar-refractivity contribution in [1.29, 1.82) is 0 Å². The summed E-state index contributed by atoms with van der Waals surface area (Å²) in [6, 6.07) is 5.60. The highest BCUT2D eigenvalue weighted by atomic mass is 35.5. The molecule has 0 bridgehead atoms. The molecular weight excluding hydrogens is 284 g/mol. The van der Waals surface area contributed by atoms with Crippen molar-refractivity contribution in [1.82, 2.24) is 0 Å². The van der Waals surface area contributed by atoms with Crippen LogP contribution in [0.3, 0.4) is 0 Å². The van der Waals surface area contributed by atoms with Gasteiger partial charge in [0.15, 0.2) is 0 Å². The third-order valence-corrected chi connectivity index (χ3v) is 5.88. The quantitative estimate of drug-likeness (QED) is 0.852. The van der Waals surface area contributed by atoms with Gasteiger partial charge in [-0.2, -0.15) is 0 Å². The summed E-state index contributed by atoms with van der Waals surface area (Å²) < 4.78 is 5.18. The lowest BCUT2D eigenvalue weighted by atomic mass is 9.66. The molecule has 2 saturated carbocycles. The minimum Gasteiger partial charge on any atom is -0.497 e. The molecule has 3 heteroatoms. The van der Waals surface area contributed by atoms with Gasteiger partial charge in [-0.3, -0.25) is 0 Å². The van der Waals surface area contributed by atoms with E-state index in [1.165, 1.54) is 32.1 Å². The van der Waals surface area contributed by atoms with Crippen molar-refractivity contribution >= 4 is 11.6 Å². The number of methoxy groups -OCH3 is 1. The van der Waals surface area contributed by atoms with Gasteiger partial charge in [-0.15, -0.1) is 0 Å². The summed E-state index contributed by atoms with van der Waals surface area (Å²) in [4.78, 5) is 0. The molecular formula is C18H25ClO2. The molecule has 0 radical (unpaired) electrons. The molecule has 4 atom stereocenters. The minimum absolute atomic E-state index is 0.357. The fraction of sp³-hybridized carbons (Fsp3) is 0.667. The maximum Gasteiger partial charge on any atom is 0.120 e. The molecule has 0 aliphatic heterocycles. The normalized spacial score (nSPS) is 30.5. The second-order valence-corrected chi connectivity index (χ2v) is 7.12. The van der Waals surface area contributed by atoms with Gasteiger partial charge in [0.25, 0.3) is 0 Å². The molecule has 0 spiro atoms. The average Bonchev–Trinajstić information content (AvgIpc) is 2.53. The fourth-order valence-corrected chi connectivity index (χ4v) is 4.61. The van der Waals surface area contributed by atoms with Crippen LogP contribution in [0.25, 0.3) is 0 Å². The van der Waals surface area contributed by atoms with Crippen molar-refractivity contribution < 1.29 is 9.84 Å². The van der Waals surface area contributed by atoms with Gasteiger partial charge in [-0.1, -0.05) is 43.4 Å². The average molecular weight is 309 g/mol. The number of aliphatic hydroxyl groups is 1. The monoisotopic (exact) mass is 308 g/mol. The van der Waals surface area contributed by atoms with E-state index in [1.54, 1.807) is 13.2 Å². The highest BCUT2D eigenvalue weighted by molar-refractivity contribution is 6.31. The Kier molecular flexibility index (Phi) is 4.75. The third kappa shape index (κ3) is 3.22. The number of ether oxygens (including phenoxy) is 1. The highest BCUT2D eigenvalue weighted by Crippen LogP contribution is 2.47. The van der Waals surface area contributed by atoms with E-state index < -0.39 is 6.10 Å². The first-order valence-electron chi connectivity index (χ1n) is 8.20. The molecule has 0 heterocycles. The number of benzene rings is 1. The van der Waals surface area contributed by atoms with Crippen LogP contribution in [0.1, 0.15) is 56.6 Å². The van der Waals surface area contributed by atoms with Crippen LogP contribution in [0, 0.1) is 17.8 Å². The van der Waals surface area contributed by atoms with Crippen LogP contribution in [0.5, 0.6) is 5.75 Å². The zero-order valence-electron chi connectivity index (χ0n) is 12.7. The molecule has 0 saturated heterocycles. The largest absolute Gasteiger partial charge is 0.497 e. The number of hydrogen-bond acceptors (Lipinski definition) is 2. The third-order valence-electron chi connectivity index (χ3n) is 5.55. The first kappa shape index (κ1) is 15.2. The van der Waals surface area contributed by atoms with Crippen LogP contribution >= 0.6 is 11.6 Å². The smallest absolute Gasteiger partial charge is 0.120 e. The Morgan fingerprint density at radius 2 is 1.90 bits per heavy atom. The van der Waals surface area contributed by atoms with Gasteiger partial charge in [0.1, 0.15) is 5.75 Å². The molecule has 0 amide bonds. The van der Waals surface area contributed by atoms with E-state index in [0.29, 0.717) is 10.9 Å². The van der Waals surface area contributed by atoms with Gasteiger partial charge in [-0.25, -0.2) is 0 Å². The molecule has 2 fully saturated rings. The molecule has 2 nitrogen and oxygen atoms in total. The minimum atomic E-state index is -0.439. The summed E-state index contributed by atoms with van der Waals surface area (Å²) in [5.74, 6) is 2.83. The van der Waals surface area contributed by atoms with Crippen molar-refractivity contribution in [2.75, 3.05) is 7.11 Å². The number of fused-ring (bicyclic) bond motifs is 1. The summed E-state index contributed by atoms with van der Waals surface area (Å²) in [5.41, 5.74) is 0.858. The number of aliphatic hydroxyl groups excluding tert-OH is 1. The van der Waals surface area contributed by atoms with E-state index in [4.69, 9.17) is 16.3 Å². The van der Waals surface area contributed by atoms with Crippen molar-refractivity contribution in [2.24, 2.45) is 17.8 Å². The maximum absolute atomic E-state index is 10.8. The molecule has 116 valence electrons. The molecule has 0 aromatic heterocycles. The first-order chi connectivity index (χ1) is 10.2. The second kappa shape index (κ2) is 6.58. The van der Waals surface area contributed by atoms with Crippen molar-refractivity contribution in [3.05, 3.63) is 28.8 Å². The van der Waals surface area contributed by atoms with Gasteiger partial charge in [0.05, 0.1) is 18.2 Å². The van der Waals surface area contributed by atoms with E-state index in [0.717, 1.165) is 36.0 Å². The molecule has 21 heavy (non-hydrogen) atoms. The fourth-order valence-electron chi connectivity index (χ4n) is 4.33. The van der Waals surface area contributed by atoms with E-state index >= 15 is 0 Å². The summed E-state index contributed by atoms with van der Waals surface area (Å²) in [5, 5.41) is 11.4. The van der Waals surface area contributed by atoms with Gasteiger partial charge < -0.3 is 9.84 Å². The lowest BCUT2D eigenvalue weighted by Crippen LogP contribution is -2.30. The summed E-state index contributed by atoms with van der Waals surface area (Å²) >= 11 is 6.32. The molecule has 1 aromatic carbocycles. The predicted molar refractivity (Wildman–Crippen MR) is 85.8 cm³/mol. The van der Waals surface area contributed by atoms with Crippen LogP contribution in [0.4, 0.5) is 0 Å². The van der Waals surface area contributed by atoms with Crippen molar-refractivity contribution in [3.63, 3.8) is 0 Å². The summed E-state index contributed by atoms with van der Waals surface area (Å²) in [6.07, 6.45) is 8.65. The van der Waals surface area contributed by atoms with Crippen LogP contribution in [-0.2, 0) is 0 Å². The van der Waals surface area contributed by atoms with E-state index in [1.807, 2.05) is 12.1 Å². The number of hydrogen-bond donors (Lipinski definition) is 1. The van der Waals surface area contributed by atoms with Gasteiger partial charge in [0, 0.05) is 0 Å². The van der Waals surface area contributed by atoms with Crippen LogP contribution < -0.4 is 4.74 Å². The zero-order chi connectivity index (χ0) is 14.8. The number of halogens is 1. The Morgan fingerprint density at radius 3 is 2.62 bits per heavy atom. The van der Waals surface area contributed by atoms with Crippen molar-refractivity contribution in [2.45, 2.75) is 51.0 Å². The SMILES string of the molecule is COc1ccc(C(O)C2CCC3CCCCC3C2)c(Cl)c1. The van der Waals surface area contributed by atoms with E-state index in [9.17, 15) is 5.11 Å². The zero-order valence-corrected chi connectivity index (χ0v) is 13.5. The Bertz CT molecular complexity index is 488. The predicted octanol–water partition coefficient (Wildman–Crippen LogP) is 4.99. The maximum atomic E-state index is 10.8. The lowest BCUT2D eigenvalue weighted by Gasteiger charge is -2.41. The van der Waals surface area contributed by atoms with Gasteiger partial charge >= 0.3 is 0 Å². The highest BCUT2D eigenvalue weighted by Gasteiger charge is 2.35. The summed E-state index contributed by atoms with van der Waals surface area (Å²) in [7, 11) is 1.63. The van der Waals surface area contributed by atoms with Gasteiger partial charge in [-0.05, 0) is 54.7 Å². The Morgan fingerprint density at radius 1 is 1.14 bits per heavy atom. The molecule has 1 N–H and O–H groups in total. The molecule has 4 unspecified atom stereocenters. The lowest BCUT2D eigenvalue weighted by molar-refractivity contribution is 0.0349. The van der Waals surface area contributed by atoms with E-state index in [-0.39, 0.29) is 0 Å². The topological polar surface area (TPSA) is 29.5 Å². The number of rotatable bonds is 3. The standard InChI is InChI=1S/C18H25ClO2/c1-21-15-8-9-16(17(19)11-15)18(20)14-7-6-12-4-2-3-5-13(12)10-14/h8-9,11-14,18,20H,2-7,10H2,1H3. The Labute approximate surface area is 132 Å². The van der Waals surface area contributed by atoms with Crippen LogP contribution in [-0.4, -0.2) is 12.2 Å². The second-order valence-electron chi connectivity index (χ2n) is 6.71. The molecule has 3 rings (SSSR count).